The highest BCUT2D eigenvalue weighted by atomic mass is 35.5. The largest absolute Gasteiger partial charge is 0.337 e. The van der Waals surface area contributed by atoms with E-state index in [1.165, 1.54) is 25.4 Å². The highest BCUT2D eigenvalue weighted by molar-refractivity contribution is 6.33. The number of nitrogens with one attached hydrogen (secondary N) is 1. The van der Waals surface area contributed by atoms with Crippen LogP contribution in [0.15, 0.2) is 12.5 Å². The molecule has 102 valence electrons. The Bertz CT molecular complexity index is 483. The molecule has 1 amide bonds. The van der Waals surface area contributed by atoms with E-state index in [0.717, 1.165) is 12.8 Å². The highest BCUT2D eigenvalue weighted by Crippen LogP contribution is 2.30. The number of carbonyl (C=O) groups is 1. The molecule has 0 spiro atoms. The maximum absolute atomic E-state index is 12.4. The lowest BCUT2D eigenvalue weighted by molar-refractivity contribution is 0.0675. The van der Waals surface area contributed by atoms with Gasteiger partial charge in [0.2, 0.25) is 0 Å². The fraction of sp³-hybridized carbons (Fsp3) is 0.615. The molecule has 0 aliphatic carbocycles. The quantitative estimate of drug-likeness (QED) is 0.892. The molecular weight excluding hydrogens is 264 g/mol. The van der Waals surface area contributed by atoms with Crippen LogP contribution in [0.1, 0.15) is 36.2 Å². The molecule has 0 radical (unpaired) electrons. The molecule has 2 aliphatic rings. The van der Waals surface area contributed by atoms with Gasteiger partial charge in [-0.15, -0.1) is 0 Å². The van der Waals surface area contributed by atoms with Crippen molar-refractivity contribution < 1.29 is 4.79 Å². The van der Waals surface area contributed by atoms with Crippen LogP contribution < -0.4 is 5.32 Å². The Morgan fingerprint density at radius 1 is 1.42 bits per heavy atom. The molecule has 0 saturated carbocycles. The van der Waals surface area contributed by atoms with Gasteiger partial charge in [-0.25, -0.2) is 9.97 Å². The molecular formula is C13H17ClN4O. The van der Waals surface area contributed by atoms with Gasteiger partial charge in [-0.05, 0) is 25.7 Å². The van der Waals surface area contributed by atoms with E-state index >= 15 is 0 Å². The summed E-state index contributed by atoms with van der Waals surface area (Å²) in [5.41, 5.74) is 0.296. The molecule has 1 aromatic heterocycles. The fourth-order valence-corrected chi connectivity index (χ4v) is 3.33. The van der Waals surface area contributed by atoms with Crippen LogP contribution in [0.4, 0.5) is 0 Å². The van der Waals surface area contributed by atoms with Crippen LogP contribution in [0.3, 0.4) is 0 Å². The van der Waals surface area contributed by atoms with Crippen molar-refractivity contribution in [3.05, 3.63) is 23.2 Å². The predicted octanol–water partition coefficient (Wildman–Crippen LogP) is 1.49. The molecule has 6 heteroatoms. The smallest absolute Gasteiger partial charge is 0.274 e. The van der Waals surface area contributed by atoms with E-state index in [2.05, 4.69) is 15.3 Å². The molecule has 2 saturated heterocycles. The first-order valence-electron chi connectivity index (χ1n) is 6.64. The third-order valence-corrected chi connectivity index (χ3v) is 4.46. The summed E-state index contributed by atoms with van der Waals surface area (Å²) in [6, 6.07) is 1.39. The Morgan fingerprint density at radius 3 is 2.74 bits per heavy atom. The minimum Gasteiger partial charge on any atom is -0.337 e. The number of fused-ring (bicyclic) bond motifs is 2. The number of nitrogens with zero attached hydrogens (tertiary/aromatic N) is 3. The third-order valence-electron chi connectivity index (χ3n) is 4.19. The topological polar surface area (TPSA) is 58.1 Å². The Morgan fingerprint density at radius 2 is 2.11 bits per heavy atom. The number of rotatable bonds is 2. The second kappa shape index (κ2) is 5.06. The summed E-state index contributed by atoms with van der Waals surface area (Å²) < 4.78 is 0. The standard InChI is InChI=1S/C13H17ClN4O/c1-18(10-4-8-2-3-9(5-10)17-8)13(19)12-11(14)6-15-7-16-12/h6-10,17H,2-5H2,1H3. The number of piperidine rings is 1. The SMILES string of the molecule is CN(C(=O)c1ncncc1Cl)C1CC2CCC(C1)N2. The second-order valence-corrected chi connectivity index (χ2v) is 5.81. The Kier molecular flexibility index (Phi) is 3.41. The van der Waals surface area contributed by atoms with Gasteiger partial charge in [0.15, 0.2) is 0 Å². The Hall–Kier alpha value is -1.20. The third kappa shape index (κ3) is 2.44. The van der Waals surface area contributed by atoms with Gasteiger partial charge in [0.05, 0.1) is 5.02 Å². The van der Waals surface area contributed by atoms with E-state index in [-0.39, 0.29) is 11.9 Å². The first-order valence-corrected chi connectivity index (χ1v) is 7.01. The summed E-state index contributed by atoms with van der Waals surface area (Å²) in [5.74, 6) is -0.112. The summed E-state index contributed by atoms with van der Waals surface area (Å²) in [5, 5.41) is 3.89. The van der Waals surface area contributed by atoms with Crippen LogP contribution in [0.5, 0.6) is 0 Å². The van der Waals surface area contributed by atoms with E-state index in [1.54, 1.807) is 4.90 Å². The summed E-state index contributed by atoms with van der Waals surface area (Å²) >= 11 is 5.99. The number of hydrogen-bond acceptors (Lipinski definition) is 4. The van der Waals surface area contributed by atoms with E-state index in [9.17, 15) is 4.79 Å². The molecule has 3 rings (SSSR count). The monoisotopic (exact) mass is 280 g/mol. The van der Waals surface area contributed by atoms with Crippen molar-refractivity contribution in [1.82, 2.24) is 20.2 Å². The van der Waals surface area contributed by atoms with E-state index < -0.39 is 0 Å². The van der Waals surface area contributed by atoms with Crippen molar-refractivity contribution in [2.45, 2.75) is 43.8 Å². The van der Waals surface area contributed by atoms with Gasteiger partial charge in [-0.1, -0.05) is 11.6 Å². The van der Waals surface area contributed by atoms with Crippen LogP contribution in [0.2, 0.25) is 5.02 Å². The van der Waals surface area contributed by atoms with Crippen molar-refractivity contribution in [3.8, 4) is 0 Å². The van der Waals surface area contributed by atoms with Crippen molar-refractivity contribution in [3.63, 3.8) is 0 Å². The van der Waals surface area contributed by atoms with Gasteiger partial charge in [-0.3, -0.25) is 4.79 Å². The van der Waals surface area contributed by atoms with Crippen LogP contribution in [-0.2, 0) is 0 Å². The number of amides is 1. The summed E-state index contributed by atoms with van der Waals surface area (Å²) in [6.07, 6.45) is 7.29. The van der Waals surface area contributed by atoms with Crippen LogP contribution in [-0.4, -0.2) is 45.9 Å². The summed E-state index contributed by atoms with van der Waals surface area (Å²) in [6.45, 7) is 0. The molecule has 2 atom stereocenters. The van der Waals surface area contributed by atoms with Gasteiger partial charge in [0.25, 0.3) is 5.91 Å². The average molecular weight is 281 g/mol. The van der Waals surface area contributed by atoms with Gasteiger partial charge >= 0.3 is 0 Å². The van der Waals surface area contributed by atoms with Crippen molar-refractivity contribution in [1.29, 1.82) is 0 Å². The van der Waals surface area contributed by atoms with Crippen LogP contribution in [0, 0.1) is 0 Å². The summed E-state index contributed by atoms with van der Waals surface area (Å²) in [4.78, 5) is 22.0. The lowest BCUT2D eigenvalue weighted by Crippen LogP contribution is -2.48. The normalized spacial score (nSPS) is 29.3. The number of aromatic nitrogens is 2. The van der Waals surface area contributed by atoms with Gasteiger partial charge in [0, 0.05) is 31.4 Å². The molecule has 1 N–H and O–H groups in total. The molecule has 2 fully saturated rings. The molecule has 2 bridgehead atoms. The molecule has 0 aromatic carbocycles. The Labute approximate surface area is 117 Å². The zero-order chi connectivity index (χ0) is 13.4. The first-order chi connectivity index (χ1) is 9.15. The Balaban J connectivity index is 1.75. The first kappa shape index (κ1) is 12.8. The van der Waals surface area contributed by atoms with Gasteiger partial charge in [0.1, 0.15) is 12.0 Å². The maximum atomic E-state index is 12.4. The molecule has 2 unspecified atom stereocenters. The predicted molar refractivity (Wildman–Crippen MR) is 72.1 cm³/mol. The lowest BCUT2D eigenvalue weighted by atomic mass is 9.98. The van der Waals surface area contributed by atoms with Crippen LogP contribution >= 0.6 is 11.6 Å². The number of halogens is 1. The lowest BCUT2D eigenvalue weighted by Gasteiger charge is -2.35. The minimum atomic E-state index is -0.112. The van der Waals surface area contributed by atoms with Gasteiger partial charge < -0.3 is 10.2 Å². The van der Waals surface area contributed by atoms with E-state index in [1.807, 2.05) is 7.05 Å². The van der Waals surface area contributed by atoms with Crippen molar-refractivity contribution in [2.75, 3.05) is 7.05 Å². The van der Waals surface area contributed by atoms with Crippen LogP contribution in [0.25, 0.3) is 0 Å². The zero-order valence-electron chi connectivity index (χ0n) is 10.8. The number of hydrogen-bond donors (Lipinski definition) is 1. The highest BCUT2D eigenvalue weighted by Gasteiger charge is 2.36. The zero-order valence-corrected chi connectivity index (χ0v) is 11.6. The number of carbonyl (C=O) groups excluding carboxylic acids is 1. The molecule has 2 aliphatic heterocycles. The van der Waals surface area contributed by atoms with Crippen molar-refractivity contribution >= 4 is 17.5 Å². The molecule has 19 heavy (non-hydrogen) atoms. The summed E-state index contributed by atoms with van der Waals surface area (Å²) in [7, 11) is 1.84. The van der Waals surface area contributed by atoms with Gasteiger partial charge in [-0.2, -0.15) is 0 Å². The molecule has 1 aromatic rings. The average Bonchev–Trinajstić information content (AvgIpc) is 2.76. The molecule has 3 heterocycles. The maximum Gasteiger partial charge on any atom is 0.274 e. The van der Waals surface area contributed by atoms with E-state index in [4.69, 9.17) is 11.6 Å². The second-order valence-electron chi connectivity index (χ2n) is 5.40. The fourth-order valence-electron chi connectivity index (χ4n) is 3.15. The van der Waals surface area contributed by atoms with E-state index in [0.29, 0.717) is 22.8 Å². The minimum absolute atomic E-state index is 0.112. The molecule has 5 nitrogen and oxygen atoms in total. The van der Waals surface area contributed by atoms with Crippen molar-refractivity contribution in [2.24, 2.45) is 0 Å².